The van der Waals surface area contributed by atoms with Crippen LogP contribution in [0.25, 0.3) is 10.9 Å². The fourth-order valence-corrected chi connectivity index (χ4v) is 4.60. The third kappa shape index (κ3) is 4.38. The van der Waals surface area contributed by atoms with Crippen LogP contribution in [0.5, 0.6) is 0 Å². The molecule has 1 N–H and O–H groups in total. The van der Waals surface area contributed by atoms with Gasteiger partial charge in [0.05, 0.1) is 11.7 Å². The number of fused-ring (bicyclic) bond motifs is 1. The number of carbonyl (C=O) groups excluding carboxylic acids is 2. The number of para-hydroxylation sites is 1. The third-order valence-corrected chi connectivity index (χ3v) is 6.27. The lowest BCUT2D eigenvalue weighted by atomic mass is 10.1. The average Bonchev–Trinajstić information content (AvgIpc) is 3.41. The molecule has 0 spiro atoms. The molecule has 0 saturated carbocycles. The van der Waals surface area contributed by atoms with E-state index in [0.29, 0.717) is 11.1 Å². The number of nitrogens with one attached hydrogen (secondary N) is 1. The summed E-state index contributed by atoms with van der Waals surface area (Å²) in [6, 6.07) is 14.9. The molecule has 0 radical (unpaired) electrons. The molecule has 0 aliphatic carbocycles. The summed E-state index contributed by atoms with van der Waals surface area (Å²) in [6.45, 7) is 2.42. The van der Waals surface area contributed by atoms with Crippen LogP contribution in [0.3, 0.4) is 0 Å². The molecule has 1 saturated heterocycles. The van der Waals surface area contributed by atoms with Crippen LogP contribution >= 0.6 is 11.8 Å². The van der Waals surface area contributed by atoms with Crippen LogP contribution < -0.4 is 0 Å². The minimum absolute atomic E-state index is 0.222. The van der Waals surface area contributed by atoms with Crippen molar-refractivity contribution in [2.45, 2.75) is 36.9 Å². The summed E-state index contributed by atoms with van der Waals surface area (Å²) in [6.07, 6.45) is 3.16. The second-order valence-electron chi connectivity index (χ2n) is 7.10. The Bertz CT molecular complexity index is 1020. The van der Waals surface area contributed by atoms with Crippen molar-refractivity contribution in [2.75, 3.05) is 12.4 Å². The smallest absolute Gasteiger partial charge is 0.339 e. The van der Waals surface area contributed by atoms with Gasteiger partial charge in [-0.05, 0) is 38.0 Å². The van der Waals surface area contributed by atoms with E-state index in [1.54, 1.807) is 37.0 Å². The number of Topliss-reactive ketones (excluding diaryl/α,β-unsaturated/α-hetero) is 1. The third-order valence-electron chi connectivity index (χ3n) is 5.06. The van der Waals surface area contributed by atoms with Crippen LogP contribution in [0.15, 0.2) is 59.6 Å². The molecule has 2 atom stereocenters. The molecule has 6 heteroatoms. The van der Waals surface area contributed by atoms with E-state index >= 15 is 0 Å². The van der Waals surface area contributed by atoms with Crippen LogP contribution in [-0.4, -0.2) is 41.3 Å². The Balaban J connectivity index is 1.45. The van der Waals surface area contributed by atoms with Crippen LogP contribution in [0.2, 0.25) is 0 Å². The van der Waals surface area contributed by atoms with E-state index in [2.05, 4.69) is 4.98 Å². The molecule has 1 aromatic heterocycles. The number of ether oxygens (including phenoxy) is 2. The molecule has 5 nitrogen and oxygen atoms in total. The van der Waals surface area contributed by atoms with Crippen molar-refractivity contribution in [3.8, 4) is 0 Å². The first-order valence-electron chi connectivity index (χ1n) is 9.78. The minimum atomic E-state index is -0.877. The lowest BCUT2D eigenvalue weighted by molar-refractivity contribution is 0.0316. The number of hydrogen-bond acceptors (Lipinski definition) is 5. The Hall–Kier alpha value is -2.57. The molecule has 1 aliphatic heterocycles. The van der Waals surface area contributed by atoms with Gasteiger partial charge in [0.15, 0.2) is 6.10 Å². The first kappa shape index (κ1) is 19.7. The van der Waals surface area contributed by atoms with Crippen LogP contribution in [0.1, 0.15) is 40.5 Å². The van der Waals surface area contributed by atoms with Gasteiger partial charge in [-0.1, -0.05) is 30.3 Å². The zero-order chi connectivity index (χ0) is 20.2. The lowest BCUT2D eigenvalue weighted by Crippen LogP contribution is -2.24. The molecule has 2 aromatic carbocycles. The predicted molar refractivity (Wildman–Crippen MR) is 114 cm³/mol. The number of H-pyrrole nitrogens is 1. The maximum absolute atomic E-state index is 12.9. The molecule has 1 aliphatic rings. The highest BCUT2D eigenvalue weighted by Crippen LogP contribution is 2.28. The number of hydrogen-bond donors (Lipinski definition) is 1. The van der Waals surface area contributed by atoms with E-state index in [-0.39, 0.29) is 11.9 Å². The van der Waals surface area contributed by atoms with Crippen molar-refractivity contribution in [3.05, 3.63) is 65.9 Å². The van der Waals surface area contributed by atoms with Crippen LogP contribution in [-0.2, 0) is 9.47 Å². The second-order valence-corrected chi connectivity index (χ2v) is 8.16. The first-order valence-corrected chi connectivity index (χ1v) is 10.8. The number of benzene rings is 2. The fraction of sp³-hybridized carbons (Fsp3) is 0.304. The summed E-state index contributed by atoms with van der Waals surface area (Å²) in [4.78, 5) is 29.6. The van der Waals surface area contributed by atoms with Crippen LogP contribution in [0.4, 0.5) is 0 Å². The zero-order valence-corrected chi connectivity index (χ0v) is 17.0. The number of aromatic nitrogens is 1. The monoisotopic (exact) mass is 409 g/mol. The van der Waals surface area contributed by atoms with Gasteiger partial charge in [0.25, 0.3) is 0 Å². The average molecular weight is 410 g/mol. The van der Waals surface area contributed by atoms with Gasteiger partial charge in [0, 0.05) is 39.9 Å². The largest absolute Gasteiger partial charge is 0.451 e. The highest BCUT2D eigenvalue weighted by atomic mass is 32.2. The summed E-state index contributed by atoms with van der Waals surface area (Å²) < 4.78 is 11.2. The molecule has 3 aromatic rings. The van der Waals surface area contributed by atoms with Gasteiger partial charge in [-0.25, -0.2) is 4.79 Å². The Morgan fingerprint density at radius 2 is 1.97 bits per heavy atom. The SMILES string of the molecule is C[C@H](OC(=O)c1ccccc1SC[C@@H]1CCCO1)C(=O)c1c[nH]c2ccccc12. The first-order chi connectivity index (χ1) is 14.1. The highest BCUT2D eigenvalue weighted by molar-refractivity contribution is 7.99. The van der Waals surface area contributed by atoms with E-state index in [1.807, 2.05) is 36.4 Å². The Labute approximate surface area is 173 Å². The molecular weight excluding hydrogens is 386 g/mol. The molecule has 1 fully saturated rings. The summed E-state index contributed by atoms with van der Waals surface area (Å²) in [7, 11) is 0. The summed E-state index contributed by atoms with van der Waals surface area (Å²) in [5, 5.41) is 0.827. The number of thioether (sulfide) groups is 1. The maximum atomic E-state index is 12.9. The van der Waals surface area contributed by atoms with Crippen molar-refractivity contribution >= 4 is 34.4 Å². The Morgan fingerprint density at radius 3 is 2.79 bits per heavy atom. The van der Waals surface area contributed by atoms with Gasteiger partial charge in [-0.2, -0.15) is 0 Å². The standard InChI is InChI=1S/C23H23NO4S/c1-15(22(25)19-13-24-20-10-4-2-8-17(19)20)28-23(26)18-9-3-5-11-21(18)29-14-16-7-6-12-27-16/h2-5,8-11,13,15-16,24H,6-7,12,14H2,1H3/t15-,16-/m0/s1. The molecule has 0 bridgehead atoms. The second kappa shape index (κ2) is 8.84. The summed E-state index contributed by atoms with van der Waals surface area (Å²) in [5.74, 6) is 0.0927. The van der Waals surface area contributed by atoms with Gasteiger partial charge in [0.2, 0.25) is 5.78 Å². The summed E-state index contributed by atoms with van der Waals surface area (Å²) >= 11 is 1.59. The number of carbonyl (C=O) groups is 2. The predicted octanol–water partition coefficient (Wildman–Crippen LogP) is 4.87. The number of ketones is 1. The molecule has 29 heavy (non-hydrogen) atoms. The van der Waals surface area contributed by atoms with Gasteiger partial charge < -0.3 is 14.5 Å². The molecular formula is C23H23NO4S. The quantitative estimate of drug-likeness (QED) is 0.343. The van der Waals surface area contributed by atoms with E-state index in [4.69, 9.17) is 9.47 Å². The van der Waals surface area contributed by atoms with E-state index in [0.717, 1.165) is 41.0 Å². The Morgan fingerprint density at radius 1 is 1.17 bits per heavy atom. The van der Waals surface area contributed by atoms with Crippen molar-refractivity contribution in [1.29, 1.82) is 0 Å². The van der Waals surface area contributed by atoms with Crippen molar-refractivity contribution in [2.24, 2.45) is 0 Å². The molecule has 150 valence electrons. The van der Waals surface area contributed by atoms with E-state index in [1.165, 1.54) is 0 Å². The molecule has 2 heterocycles. The fourth-order valence-electron chi connectivity index (χ4n) is 3.49. The number of aromatic amines is 1. The maximum Gasteiger partial charge on any atom is 0.339 e. The molecule has 0 amide bonds. The van der Waals surface area contributed by atoms with E-state index in [9.17, 15) is 9.59 Å². The van der Waals surface area contributed by atoms with Crippen molar-refractivity contribution in [3.63, 3.8) is 0 Å². The topological polar surface area (TPSA) is 68.4 Å². The van der Waals surface area contributed by atoms with Gasteiger partial charge >= 0.3 is 5.97 Å². The zero-order valence-electron chi connectivity index (χ0n) is 16.2. The van der Waals surface area contributed by atoms with Crippen molar-refractivity contribution in [1.82, 2.24) is 4.98 Å². The lowest BCUT2D eigenvalue weighted by Gasteiger charge is -2.15. The summed E-state index contributed by atoms with van der Waals surface area (Å²) in [5.41, 5.74) is 1.89. The van der Waals surface area contributed by atoms with Crippen LogP contribution in [0, 0.1) is 0 Å². The number of esters is 1. The van der Waals surface area contributed by atoms with Crippen molar-refractivity contribution < 1.29 is 19.1 Å². The Kier molecular flexibility index (Phi) is 6.02. The highest BCUT2D eigenvalue weighted by Gasteiger charge is 2.24. The minimum Gasteiger partial charge on any atom is -0.451 e. The molecule has 4 rings (SSSR count). The normalized spacial score (nSPS) is 17.3. The molecule has 0 unspecified atom stereocenters. The number of rotatable bonds is 7. The van der Waals surface area contributed by atoms with Gasteiger partial charge in [-0.15, -0.1) is 11.8 Å². The van der Waals surface area contributed by atoms with E-state index < -0.39 is 12.1 Å². The van der Waals surface area contributed by atoms with Gasteiger partial charge in [0.1, 0.15) is 0 Å². The van der Waals surface area contributed by atoms with Gasteiger partial charge in [-0.3, -0.25) is 4.79 Å².